The van der Waals surface area contributed by atoms with E-state index < -0.39 is 0 Å². The molecule has 1 aromatic carbocycles. The number of rotatable bonds is 0. The highest BCUT2D eigenvalue weighted by Gasteiger charge is 2.07. The molecule has 3 rings (SSSR count). The smallest absolute Gasteiger partial charge is 0.160 e. The fourth-order valence-electron chi connectivity index (χ4n) is 1.51. The number of hydrogen-bond acceptors (Lipinski definition) is 4. The minimum atomic E-state index is 0.332. The Kier molecular flexibility index (Phi) is 1.76. The topological polar surface area (TPSA) is 51.6 Å². The highest BCUT2D eigenvalue weighted by Crippen LogP contribution is 2.22. The van der Waals surface area contributed by atoms with Crippen LogP contribution in [-0.4, -0.2) is 20.2 Å². The van der Waals surface area contributed by atoms with Crippen molar-refractivity contribution in [3.05, 3.63) is 35.7 Å². The molecule has 0 aliphatic carbocycles. The van der Waals surface area contributed by atoms with Gasteiger partial charge in [-0.2, -0.15) is 0 Å². The van der Waals surface area contributed by atoms with Gasteiger partial charge in [0.05, 0.1) is 5.52 Å². The molecule has 0 saturated carbocycles. The molecule has 15 heavy (non-hydrogen) atoms. The second-order valence-corrected chi connectivity index (χ2v) is 3.44. The molecule has 0 radical (unpaired) electrons. The zero-order valence-corrected chi connectivity index (χ0v) is 8.31. The van der Waals surface area contributed by atoms with Crippen molar-refractivity contribution >= 4 is 33.5 Å². The minimum absolute atomic E-state index is 0.332. The Labute approximate surface area is 89.9 Å². The van der Waals surface area contributed by atoms with Crippen LogP contribution in [0.4, 0.5) is 0 Å². The van der Waals surface area contributed by atoms with Gasteiger partial charge in [-0.25, -0.2) is 9.97 Å². The zero-order valence-electron chi connectivity index (χ0n) is 7.55. The van der Waals surface area contributed by atoms with E-state index in [9.17, 15) is 0 Å². The average Bonchev–Trinajstić information content (AvgIpc) is 2.29. The molecule has 2 heterocycles. The standard InChI is InChI=1S/C10H5ClN4/c11-10-9-8(12-5-13-10)6-3-1-2-4-7(6)14-15-9/h1-5H. The minimum Gasteiger partial charge on any atom is -0.234 e. The van der Waals surface area contributed by atoms with Gasteiger partial charge in [0.25, 0.3) is 0 Å². The fraction of sp³-hybridized carbons (Fsp3) is 0. The first-order chi connectivity index (χ1) is 7.36. The van der Waals surface area contributed by atoms with Crippen molar-refractivity contribution in [1.82, 2.24) is 20.2 Å². The number of hydrogen-bond donors (Lipinski definition) is 0. The maximum Gasteiger partial charge on any atom is 0.160 e. The van der Waals surface area contributed by atoms with Gasteiger partial charge < -0.3 is 0 Å². The molecule has 0 aliphatic heterocycles. The summed E-state index contributed by atoms with van der Waals surface area (Å²) in [7, 11) is 0. The number of halogens is 1. The van der Waals surface area contributed by atoms with Crippen LogP contribution in [0, 0.1) is 0 Å². The lowest BCUT2D eigenvalue weighted by molar-refractivity contribution is 1.09. The van der Waals surface area contributed by atoms with Gasteiger partial charge in [0, 0.05) is 5.39 Å². The number of fused-ring (bicyclic) bond motifs is 3. The lowest BCUT2D eigenvalue weighted by Gasteiger charge is -2.00. The lowest BCUT2D eigenvalue weighted by atomic mass is 10.2. The fourth-order valence-corrected chi connectivity index (χ4v) is 1.68. The zero-order chi connectivity index (χ0) is 10.3. The molecule has 0 fully saturated rings. The van der Waals surface area contributed by atoms with Crippen LogP contribution in [-0.2, 0) is 0 Å². The van der Waals surface area contributed by atoms with Crippen molar-refractivity contribution in [2.24, 2.45) is 0 Å². The van der Waals surface area contributed by atoms with Gasteiger partial charge in [-0.3, -0.25) is 0 Å². The predicted octanol–water partition coefficient (Wildman–Crippen LogP) is 2.23. The monoisotopic (exact) mass is 216 g/mol. The van der Waals surface area contributed by atoms with Crippen molar-refractivity contribution in [3.63, 3.8) is 0 Å². The molecule has 0 aliphatic rings. The van der Waals surface area contributed by atoms with Crippen LogP contribution in [0.2, 0.25) is 5.15 Å². The van der Waals surface area contributed by atoms with Gasteiger partial charge >= 0.3 is 0 Å². The molecule has 2 aromatic heterocycles. The Morgan fingerprint density at radius 2 is 1.80 bits per heavy atom. The highest BCUT2D eigenvalue weighted by atomic mass is 35.5. The molecule has 5 heteroatoms. The second-order valence-electron chi connectivity index (χ2n) is 3.08. The molecular formula is C10H5ClN4. The van der Waals surface area contributed by atoms with E-state index in [-0.39, 0.29) is 0 Å². The highest BCUT2D eigenvalue weighted by molar-refractivity contribution is 6.34. The predicted molar refractivity (Wildman–Crippen MR) is 57.6 cm³/mol. The maximum absolute atomic E-state index is 5.90. The van der Waals surface area contributed by atoms with E-state index in [4.69, 9.17) is 11.6 Å². The first-order valence-corrected chi connectivity index (χ1v) is 4.76. The average molecular weight is 217 g/mol. The van der Waals surface area contributed by atoms with Crippen LogP contribution < -0.4 is 0 Å². The van der Waals surface area contributed by atoms with Crippen molar-refractivity contribution in [2.45, 2.75) is 0 Å². The first-order valence-electron chi connectivity index (χ1n) is 4.38. The largest absolute Gasteiger partial charge is 0.234 e. The van der Waals surface area contributed by atoms with Gasteiger partial charge in [0.2, 0.25) is 0 Å². The van der Waals surface area contributed by atoms with E-state index in [1.807, 2.05) is 24.3 Å². The van der Waals surface area contributed by atoms with E-state index in [1.165, 1.54) is 6.33 Å². The summed E-state index contributed by atoms with van der Waals surface area (Å²) in [5.41, 5.74) is 2.08. The van der Waals surface area contributed by atoms with Crippen LogP contribution in [0.1, 0.15) is 0 Å². The Balaban J connectivity index is 2.60. The summed E-state index contributed by atoms with van der Waals surface area (Å²) in [4.78, 5) is 8.04. The van der Waals surface area contributed by atoms with E-state index in [2.05, 4.69) is 20.2 Å². The normalized spacial score (nSPS) is 11.0. The molecule has 4 nitrogen and oxygen atoms in total. The van der Waals surface area contributed by atoms with Gasteiger partial charge in [-0.15, -0.1) is 10.2 Å². The van der Waals surface area contributed by atoms with Crippen molar-refractivity contribution in [1.29, 1.82) is 0 Å². The molecule has 0 saturated heterocycles. The SMILES string of the molecule is Clc1ncnc2c1nnc1ccccc12. The molecule has 0 atom stereocenters. The summed E-state index contributed by atoms with van der Waals surface area (Å²) >= 11 is 5.90. The summed E-state index contributed by atoms with van der Waals surface area (Å²) in [6.07, 6.45) is 1.43. The Hall–Kier alpha value is -1.81. The Morgan fingerprint density at radius 3 is 2.73 bits per heavy atom. The van der Waals surface area contributed by atoms with Crippen molar-refractivity contribution in [2.75, 3.05) is 0 Å². The number of aromatic nitrogens is 4. The molecule has 3 aromatic rings. The molecule has 0 amide bonds. The summed E-state index contributed by atoms with van der Waals surface area (Å²) in [5.74, 6) is 0. The van der Waals surface area contributed by atoms with E-state index >= 15 is 0 Å². The van der Waals surface area contributed by atoms with E-state index in [0.717, 1.165) is 16.4 Å². The summed E-state index contributed by atoms with van der Waals surface area (Å²) in [6.45, 7) is 0. The maximum atomic E-state index is 5.90. The molecule has 0 spiro atoms. The van der Waals surface area contributed by atoms with Gasteiger partial charge in [0.15, 0.2) is 5.15 Å². The van der Waals surface area contributed by atoms with Gasteiger partial charge in [-0.1, -0.05) is 29.8 Å². The third-order valence-electron chi connectivity index (χ3n) is 2.19. The summed E-state index contributed by atoms with van der Waals surface area (Å²) in [6, 6.07) is 7.67. The second kappa shape index (κ2) is 3.10. The Morgan fingerprint density at radius 1 is 0.933 bits per heavy atom. The van der Waals surface area contributed by atoms with Crippen LogP contribution >= 0.6 is 11.6 Å². The molecule has 0 unspecified atom stereocenters. The van der Waals surface area contributed by atoms with Crippen LogP contribution in [0.3, 0.4) is 0 Å². The molecule has 0 bridgehead atoms. The molecule has 72 valence electrons. The van der Waals surface area contributed by atoms with Crippen molar-refractivity contribution < 1.29 is 0 Å². The number of benzene rings is 1. The summed E-state index contributed by atoms with van der Waals surface area (Å²) < 4.78 is 0. The number of nitrogens with zero attached hydrogens (tertiary/aromatic N) is 4. The van der Waals surface area contributed by atoms with Crippen LogP contribution in [0.15, 0.2) is 30.6 Å². The van der Waals surface area contributed by atoms with Crippen LogP contribution in [0.5, 0.6) is 0 Å². The Bertz CT molecular complexity index is 653. The van der Waals surface area contributed by atoms with Gasteiger partial charge in [-0.05, 0) is 6.07 Å². The third kappa shape index (κ3) is 1.22. The van der Waals surface area contributed by atoms with Gasteiger partial charge in [0.1, 0.15) is 17.4 Å². The van der Waals surface area contributed by atoms with Crippen molar-refractivity contribution in [3.8, 4) is 0 Å². The quantitative estimate of drug-likeness (QED) is 0.427. The van der Waals surface area contributed by atoms with Crippen LogP contribution in [0.25, 0.3) is 21.9 Å². The molecular weight excluding hydrogens is 212 g/mol. The first kappa shape index (κ1) is 8.49. The van der Waals surface area contributed by atoms with E-state index in [0.29, 0.717) is 10.7 Å². The summed E-state index contributed by atoms with van der Waals surface area (Å²) in [5, 5.41) is 9.33. The lowest BCUT2D eigenvalue weighted by Crippen LogP contribution is -1.91. The third-order valence-corrected chi connectivity index (χ3v) is 2.47. The van der Waals surface area contributed by atoms with E-state index in [1.54, 1.807) is 0 Å². The molecule has 0 N–H and O–H groups in total.